The van der Waals surface area contributed by atoms with Crippen molar-refractivity contribution >= 4 is 17.4 Å². The largest absolute Gasteiger partial charge is 0.391 e. The smallest absolute Gasteiger partial charge is 0.134 e. The van der Waals surface area contributed by atoms with Gasteiger partial charge in [0.15, 0.2) is 0 Å². The van der Waals surface area contributed by atoms with Gasteiger partial charge in [-0.15, -0.1) is 0 Å². The molecule has 0 amide bonds. The number of likely N-dealkylation sites (N-methyl/N-ethyl adjacent to an activating group) is 1. The van der Waals surface area contributed by atoms with Gasteiger partial charge in [0, 0.05) is 25.2 Å². The van der Waals surface area contributed by atoms with Crippen LogP contribution in [0.1, 0.15) is 6.42 Å². The molecule has 1 fully saturated rings. The average molecular weight is 257 g/mol. The third-order valence-corrected chi connectivity index (χ3v) is 3.09. The highest BCUT2D eigenvalue weighted by molar-refractivity contribution is 6.29. The number of rotatable bonds is 3. The second-order valence-electron chi connectivity index (χ2n) is 4.66. The molecule has 2 heterocycles. The first-order chi connectivity index (χ1) is 8.06. The fraction of sp³-hybridized carbons (Fsp3) is 0.636. The Morgan fingerprint density at radius 3 is 2.94 bits per heavy atom. The van der Waals surface area contributed by atoms with Crippen molar-refractivity contribution in [2.24, 2.45) is 0 Å². The Kier molecular flexibility index (Phi) is 3.81. The lowest BCUT2D eigenvalue weighted by molar-refractivity contribution is 0.191. The highest BCUT2D eigenvalue weighted by Gasteiger charge is 2.32. The van der Waals surface area contributed by atoms with Crippen LogP contribution in [0.3, 0.4) is 0 Å². The molecule has 1 N–H and O–H groups in total. The molecule has 0 aromatic carbocycles. The topological polar surface area (TPSA) is 52.5 Å². The van der Waals surface area contributed by atoms with Gasteiger partial charge in [0.2, 0.25) is 0 Å². The summed E-state index contributed by atoms with van der Waals surface area (Å²) in [4.78, 5) is 12.3. The van der Waals surface area contributed by atoms with E-state index < -0.39 is 0 Å². The zero-order valence-electron chi connectivity index (χ0n) is 10.0. The minimum absolute atomic E-state index is 0.269. The SMILES string of the molecule is CN(C)CC1CC(O)CN1c1cc(Cl)ncn1. The van der Waals surface area contributed by atoms with Crippen LogP contribution < -0.4 is 4.90 Å². The summed E-state index contributed by atoms with van der Waals surface area (Å²) in [6.07, 6.45) is 1.92. The van der Waals surface area contributed by atoms with E-state index >= 15 is 0 Å². The van der Waals surface area contributed by atoms with E-state index in [0.29, 0.717) is 11.7 Å². The van der Waals surface area contributed by atoms with E-state index in [1.807, 2.05) is 14.1 Å². The molecule has 1 saturated heterocycles. The van der Waals surface area contributed by atoms with Crippen molar-refractivity contribution in [1.29, 1.82) is 0 Å². The molecule has 0 aliphatic carbocycles. The van der Waals surface area contributed by atoms with Crippen LogP contribution in [-0.4, -0.2) is 59.3 Å². The summed E-state index contributed by atoms with van der Waals surface area (Å²) in [6, 6.07) is 2.01. The summed E-state index contributed by atoms with van der Waals surface area (Å²) in [7, 11) is 4.05. The molecular weight excluding hydrogens is 240 g/mol. The standard InChI is InChI=1S/C11H17ClN4O/c1-15(2)5-8-3-9(17)6-16(8)11-4-10(12)13-7-14-11/h4,7-9,17H,3,5-6H2,1-2H3. The zero-order valence-corrected chi connectivity index (χ0v) is 10.8. The minimum Gasteiger partial charge on any atom is -0.391 e. The van der Waals surface area contributed by atoms with Crippen LogP contribution >= 0.6 is 11.6 Å². The lowest BCUT2D eigenvalue weighted by Crippen LogP contribution is -2.38. The van der Waals surface area contributed by atoms with Gasteiger partial charge in [-0.2, -0.15) is 0 Å². The number of β-amino-alcohol motifs (C(OH)–C–C–N with tert-alkyl or cyclic N) is 1. The molecule has 0 saturated carbocycles. The summed E-state index contributed by atoms with van der Waals surface area (Å²) < 4.78 is 0. The van der Waals surface area contributed by atoms with Crippen LogP contribution in [0.15, 0.2) is 12.4 Å². The molecule has 6 heteroatoms. The lowest BCUT2D eigenvalue weighted by Gasteiger charge is -2.27. The van der Waals surface area contributed by atoms with Crippen molar-refractivity contribution < 1.29 is 5.11 Å². The van der Waals surface area contributed by atoms with Gasteiger partial charge < -0.3 is 14.9 Å². The summed E-state index contributed by atoms with van der Waals surface area (Å²) in [6.45, 7) is 1.49. The first kappa shape index (κ1) is 12.5. The Labute approximate surface area is 106 Å². The fourth-order valence-corrected chi connectivity index (χ4v) is 2.39. The second kappa shape index (κ2) is 5.16. The molecule has 0 radical (unpaired) electrons. The maximum atomic E-state index is 9.78. The van der Waals surface area contributed by atoms with E-state index in [-0.39, 0.29) is 12.1 Å². The number of hydrogen-bond acceptors (Lipinski definition) is 5. The van der Waals surface area contributed by atoms with E-state index in [1.165, 1.54) is 6.33 Å². The summed E-state index contributed by atoms with van der Waals surface area (Å²) in [5.41, 5.74) is 0. The fourth-order valence-electron chi connectivity index (χ4n) is 2.25. The predicted molar refractivity (Wildman–Crippen MR) is 67.4 cm³/mol. The highest BCUT2D eigenvalue weighted by atomic mass is 35.5. The van der Waals surface area contributed by atoms with Gasteiger partial charge in [0.05, 0.1) is 6.10 Å². The molecule has 1 aromatic rings. The molecule has 0 bridgehead atoms. The van der Waals surface area contributed by atoms with Crippen LogP contribution in [0.2, 0.25) is 5.15 Å². The number of aromatic nitrogens is 2. The van der Waals surface area contributed by atoms with Gasteiger partial charge in [0.25, 0.3) is 0 Å². The van der Waals surface area contributed by atoms with Crippen molar-refractivity contribution in [1.82, 2.24) is 14.9 Å². The average Bonchev–Trinajstić information content (AvgIpc) is 2.58. The van der Waals surface area contributed by atoms with Crippen molar-refractivity contribution in [3.63, 3.8) is 0 Å². The first-order valence-electron chi connectivity index (χ1n) is 5.63. The Balaban J connectivity index is 2.17. The normalized spacial score (nSPS) is 24.6. The Morgan fingerprint density at radius 1 is 1.53 bits per heavy atom. The molecule has 1 aliphatic heterocycles. The molecule has 94 valence electrons. The molecule has 1 aliphatic rings. The Morgan fingerprint density at radius 2 is 2.29 bits per heavy atom. The van der Waals surface area contributed by atoms with Crippen molar-refractivity contribution in [3.05, 3.63) is 17.5 Å². The van der Waals surface area contributed by atoms with Gasteiger partial charge in [0.1, 0.15) is 17.3 Å². The summed E-state index contributed by atoms with van der Waals surface area (Å²) >= 11 is 5.86. The number of aliphatic hydroxyl groups excluding tert-OH is 1. The van der Waals surface area contributed by atoms with Crippen molar-refractivity contribution in [2.45, 2.75) is 18.6 Å². The van der Waals surface area contributed by atoms with E-state index in [2.05, 4.69) is 19.8 Å². The number of anilines is 1. The third-order valence-electron chi connectivity index (χ3n) is 2.88. The van der Waals surface area contributed by atoms with Crippen LogP contribution in [-0.2, 0) is 0 Å². The molecule has 1 aromatic heterocycles. The number of nitrogens with zero attached hydrogens (tertiary/aromatic N) is 4. The van der Waals surface area contributed by atoms with Gasteiger partial charge in [-0.1, -0.05) is 11.6 Å². The molecule has 2 atom stereocenters. The van der Waals surface area contributed by atoms with Crippen LogP contribution in [0, 0.1) is 0 Å². The van der Waals surface area contributed by atoms with Gasteiger partial charge in [-0.3, -0.25) is 0 Å². The van der Waals surface area contributed by atoms with Crippen LogP contribution in [0.5, 0.6) is 0 Å². The quantitative estimate of drug-likeness (QED) is 0.804. The van der Waals surface area contributed by atoms with Crippen molar-refractivity contribution in [2.75, 3.05) is 32.1 Å². The summed E-state index contributed by atoms with van der Waals surface area (Å²) in [5.74, 6) is 0.786. The lowest BCUT2D eigenvalue weighted by atomic mass is 10.2. The number of aliphatic hydroxyl groups is 1. The molecule has 17 heavy (non-hydrogen) atoms. The Bertz CT molecular complexity index is 387. The molecular formula is C11H17ClN4O. The van der Waals surface area contributed by atoms with E-state index in [4.69, 9.17) is 11.6 Å². The number of hydrogen-bond donors (Lipinski definition) is 1. The monoisotopic (exact) mass is 256 g/mol. The molecule has 0 spiro atoms. The molecule has 2 unspecified atom stereocenters. The number of halogens is 1. The van der Waals surface area contributed by atoms with Gasteiger partial charge >= 0.3 is 0 Å². The third kappa shape index (κ3) is 3.06. The van der Waals surface area contributed by atoms with Crippen molar-refractivity contribution in [3.8, 4) is 0 Å². The first-order valence-corrected chi connectivity index (χ1v) is 6.01. The zero-order chi connectivity index (χ0) is 12.4. The van der Waals surface area contributed by atoms with E-state index in [9.17, 15) is 5.11 Å². The van der Waals surface area contributed by atoms with Crippen LogP contribution in [0.25, 0.3) is 0 Å². The highest BCUT2D eigenvalue weighted by Crippen LogP contribution is 2.25. The minimum atomic E-state index is -0.298. The second-order valence-corrected chi connectivity index (χ2v) is 5.04. The van der Waals surface area contributed by atoms with Gasteiger partial charge in [-0.25, -0.2) is 9.97 Å². The predicted octanol–water partition coefficient (Wildman–Crippen LogP) is 0.631. The van der Waals surface area contributed by atoms with E-state index in [0.717, 1.165) is 18.8 Å². The maximum absolute atomic E-state index is 9.78. The molecule has 2 rings (SSSR count). The Hall–Kier alpha value is -0.910. The van der Waals surface area contributed by atoms with Gasteiger partial charge in [-0.05, 0) is 20.5 Å². The maximum Gasteiger partial charge on any atom is 0.134 e. The summed E-state index contributed by atoms with van der Waals surface area (Å²) in [5, 5.41) is 10.2. The molecule has 5 nitrogen and oxygen atoms in total. The van der Waals surface area contributed by atoms with Crippen LogP contribution in [0.4, 0.5) is 5.82 Å². The van der Waals surface area contributed by atoms with E-state index in [1.54, 1.807) is 6.07 Å².